The van der Waals surface area contributed by atoms with Gasteiger partial charge < -0.3 is 4.42 Å². The van der Waals surface area contributed by atoms with Crippen molar-refractivity contribution >= 4 is 21.9 Å². The van der Waals surface area contributed by atoms with Crippen molar-refractivity contribution in [2.45, 2.75) is 13.8 Å². The molecule has 3 aromatic carbocycles. The summed E-state index contributed by atoms with van der Waals surface area (Å²) in [5.74, 6) is 0.931. The summed E-state index contributed by atoms with van der Waals surface area (Å²) in [5, 5.41) is 2.25. The molecule has 0 bridgehead atoms. The minimum absolute atomic E-state index is 0.902. The number of furan rings is 1. The molecule has 0 saturated carbocycles. The average molecular weight is 338 g/mol. The number of hydrogen-bond donors (Lipinski definition) is 0. The number of nitrogens with zero attached hydrogens (tertiary/aromatic N) is 2. The van der Waals surface area contributed by atoms with Crippen LogP contribution in [0.15, 0.2) is 77.5 Å². The summed E-state index contributed by atoms with van der Waals surface area (Å²) in [6, 6.07) is 20.9. The van der Waals surface area contributed by atoms with E-state index in [0.29, 0.717) is 0 Å². The molecule has 0 radical (unpaired) electrons. The highest BCUT2D eigenvalue weighted by atomic mass is 16.3. The van der Waals surface area contributed by atoms with Gasteiger partial charge in [-0.2, -0.15) is 0 Å². The van der Waals surface area contributed by atoms with Gasteiger partial charge in [0.2, 0.25) is 0 Å². The molecule has 0 unspecified atom stereocenters. The first kappa shape index (κ1) is 15.0. The van der Waals surface area contributed by atoms with Crippen molar-refractivity contribution in [3.8, 4) is 17.1 Å². The lowest BCUT2D eigenvalue weighted by molar-refractivity contribution is 0.669. The van der Waals surface area contributed by atoms with Gasteiger partial charge in [-0.05, 0) is 61.4 Å². The van der Waals surface area contributed by atoms with Crippen LogP contribution in [0.4, 0.5) is 0 Å². The lowest BCUT2D eigenvalue weighted by Crippen LogP contribution is -1.97. The molecule has 126 valence electrons. The van der Waals surface area contributed by atoms with E-state index in [1.54, 1.807) is 0 Å². The molecule has 5 aromatic rings. The van der Waals surface area contributed by atoms with E-state index in [9.17, 15) is 0 Å². The van der Waals surface area contributed by atoms with Crippen LogP contribution in [0, 0.1) is 13.8 Å². The van der Waals surface area contributed by atoms with Crippen LogP contribution >= 0.6 is 0 Å². The van der Waals surface area contributed by atoms with Crippen LogP contribution < -0.4 is 0 Å². The molecule has 0 amide bonds. The monoisotopic (exact) mass is 338 g/mol. The highest BCUT2D eigenvalue weighted by molar-refractivity contribution is 6.06. The Morgan fingerprint density at radius 3 is 2.54 bits per heavy atom. The zero-order chi connectivity index (χ0) is 17.7. The second-order valence-corrected chi connectivity index (χ2v) is 6.70. The van der Waals surface area contributed by atoms with Gasteiger partial charge in [0.25, 0.3) is 0 Å². The van der Waals surface area contributed by atoms with E-state index < -0.39 is 0 Å². The van der Waals surface area contributed by atoms with Crippen LogP contribution in [0.5, 0.6) is 0 Å². The van der Waals surface area contributed by atoms with Crippen molar-refractivity contribution in [3.05, 3.63) is 84.2 Å². The first-order chi connectivity index (χ1) is 12.7. The fourth-order valence-electron chi connectivity index (χ4n) is 3.47. The lowest BCUT2D eigenvalue weighted by Gasteiger charge is -2.10. The minimum atomic E-state index is 0.902. The largest absolute Gasteiger partial charge is 0.456 e. The van der Waals surface area contributed by atoms with Crippen molar-refractivity contribution in [1.82, 2.24) is 9.55 Å². The zero-order valence-corrected chi connectivity index (χ0v) is 14.7. The fraction of sp³-hybridized carbons (Fsp3) is 0.0870. The molecule has 0 aliphatic heterocycles. The van der Waals surface area contributed by atoms with Crippen LogP contribution in [0.25, 0.3) is 39.0 Å². The average Bonchev–Trinajstić information content (AvgIpc) is 3.28. The third-order valence-corrected chi connectivity index (χ3v) is 5.04. The van der Waals surface area contributed by atoms with Gasteiger partial charge in [0.1, 0.15) is 17.0 Å². The molecular weight excluding hydrogens is 320 g/mol. The molecule has 2 aromatic heterocycles. The van der Waals surface area contributed by atoms with Crippen LogP contribution in [-0.2, 0) is 0 Å². The SMILES string of the molecule is Cc1ccc(-n2ccnc2-c2ccc3oc4ccccc4c3c2)cc1C. The third-order valence-electron chi connectivity index (χ3n) is 5.04. The first-order valence-electron chi connectivity index (χ1n) is 8.73. The number of hydrogen-bond acceptors (Lipinski definition) is 2. The Labute approximate surface area is 151 Å². The van der Waals surface area contributed by atoms with Crippen molar-refractivity contribution in [2.75, 3.05) is 0 Å². The van der Waals surface area contributed by atoms with Gasteiger partial charge in [-0.25, -0.2) is 4.98 Å². The highest BCUT2D eigenvalue weighted by Crippen LogP contribution is 2.32. The first-order valence-corrected chi connectivity index (χ1v) is 8.73. The summed E-state index contributed by atoms with van der Waals surface area (Å²) in [6.45, 7) is 4.27. The van der Waals surface area contributed by atoms with Crippen molar-refractivity contribution in [1.29, 1.82) is 0 Å². The van der Waals surface area contributed by atoms with E-state index in [2.05, 4.69) is 59.8 Å². The van der Waals surface area contributed by atoms with E-state index in [0.717, 1.165) is 39.0 Å². The summed E-state index contributed by atoms with van der Waals surface area (Å²) >= 11 is 0. The summed E-state index contributed by atoms with van der Waals surface area (Å²) < 4.78 is 8.08. The van der Waals surface area contributed by atoms with Crippen molar-refractivity contribution in [3.63, 3.8) is 0 Å². The predicted octanol–water partition coefficient (Wildman–Crippen LogP) is 6.06. The zero-order valence-electron chi connectivity index (χ0n) is 14.7. The smallest absolute Gasteiger partial charge is 0.144 e. The Morgan fingerprint density at radius 2 is 1.65 bits per heavy atom. The van der Waals surface area contributed by atoms with Gasteiger partial charge in [0, 0.05) is 34.4 Å². The molecule has 0 spiro atoms. The lowest BCUT2D eigenvalue weighted by atomic mass is 10.1. The molecule has 2 heterocycles. The molecule has 0 aliphatic rings. The molecule has 3 nitrogen and oxygen atoms in total. The van der Waals surface area contributed by atoms with Crippen molar-refractivity contribution in [2.24, 2.45) is 0 Å². The second kappa shape index (κ2) is 5.60. The number of aryl methyl sites for hydroxylation is 2. The summed E-state index contributed by atoms with van der Waals surface area (Å²) in [7, 11) is 0. The molecule has 0 fully saturated rings. The van der Waals surface area contributed by atoms with Crippen molar-refractivity contribution < 1.29 is 4.42 Å². The number of rotatable bonds is 2. The van der Waals surface area contributed by atoms with E-state index in [1.165, 1.54) is 11.1 Å². The molecule has 0 saturated heterocycles. The molecule has 3 heteroatoms. The Bertz CT molecular complexity index is 1260. The molecule has 26 heavy (non-hydrogen) atoms. The predicted molar refractivity (Wildman–Crippen MR) is 106 cm³/mol. The quantitative estimate of drug-likeness (QED) is 0.392. The third kappa shape index (κ3) is 2.25. The Hall–Kier alpha value is -3.33. The van der Waals surface area contributed by atoms with Crippen LogP contribution in [0.1, 0.15) is 11.1 Å². The Kier molecular flexibility index (Phi) is 3.22. The van der Waals surface area contributed by atoms with Gasteiger partial charge in [0.15, 0.2) is 0 Å². The molecule has 5 rings (SSSR count). The van der Waals surface area contributed by atoms with Crippen LogP contribution in [-0.4, -0.2) is 9.55 Å². The minimum Gasteiger partial charge on any atom is -0.456 e. The molecular formula is C23H18N2O. The maximum absolute atomic E-state index is 5.94. The Balaban J connectivity index is 1.70. The Morgan fingerprint density at radius 1 is 0.808 bits per heavy atom. The highest BCUT2D eigenvalue weighted by Gasteiger charge is 2.12. The van der Waals surface area contributed by atoms with Gasteiger partial charge >= 0.3 is 0 Å². The van der Waals surface area contributed by atoms with E-state index in [1.807, 2.05) is 36.7 Å². The fourth-order valence-corrected chi connectivity index (χ4v) is 3.47. The van der Waals surface area contributed by atoms with Gasteiger partial charge in [-0.1, -0.05) is 24.3 Å². The summed E-state index contributed by atoms with van der Waals surface area (Å²) in [6.07, 6.45) is 3.86. The van der Waals surface area contributed by atoms with Crippen LogP contribution in [0.2, 0.25) is 0 Å². The maximum Gasteiger partial charge on any atom is 0.144 e. The van der Waals surface area contributed by atoms with E-state index >= 15 is 0 Å². The standard InChI is InChI=1S/C23H18N2O/c1-15-7-9-18(13-16(15)2)25-12-11-24-23(25)17-8-10-22-20(14-17)19-5-3-4-6-21(19)26-22/h3-14H,1-2H3. The molecule has 0 atom stereocenters. The second-order valence-electron chi connectivity index (χ2n) is 6.70. The number of aromatic nitrogens is 2. The van der Waals surface area contributed by atoms with E-state index in [-0.39, 0.29) is 0 Å². The van der Waals surface area contributed by atoms with Gasteiger partial charge in [0.05, 0.1) is 0 Å². The van der Waals surface area contributed by atoms with Gasteiger partial charge in [-0.3, -0.25) is 4.57 Å². The number of imidazole rings is 1. The van der Waals surface area contributed by atoms with E-state index in [4.69, 9.17) is 4.42 Å². The normalized spacial score (nSPS) is 11.5. The number of para-hydroxylation sites is 1. The molecule has 0 aliphatic carbocycles. The maximum atomic E-state index is 5.94. The summed E-state index contributed by atoms with van der Waals surface area (Å²) in [5.41, 5.74) is 6.58. The number of fused-ring (bicyclic) bond motifs is 3. The summed E-state index contributed by atoms with van der Waals surface area (Å²) in [4.78, 5) is 4.62. The van der Waals surface area contributed by atoms with Crippen LogP contribution in [0.3, 0.4) is 0 Å². The number of benzene rings is 3. The van der Waals surface area contributed by atoms with Gasteiger partial charge in [-0.15, -0.1) is 0 Å². The topological polar surface area (TPSA) is 31.0 Å². The molecule has 0 N–H and O–H groups in total.